The molecule has 0 amide bonds. The molecule has 4 heterocycles. The Morgan fingerprint density at radius 1 is 1.21 bits per heavy atom. The number of H-pyrrole nitrogens is 1. The first kappa shape index (κ1) is 22.0. The van der Waals surface area contributed by atoms with Crippen molar-refractivity contribution in [3.63, 3.8) is 0 Å². The largest absolute Gasteiger partial charge is 0.503 e. The molecule has 9 nitrogen and oxygen atoms in total. The highest BCUT2D eigenvalue weighted by Gasteiger charge is 2.38. The van der Waals surface area contributed by atoms with Crippen LogP contribution in [0.4, 0.5) is 27.9 Å². The summed E-state index contributed by atoms with van der Waals surface area (Å²) in [6.07, 6.45) is -0.923. The lowest BCUT2D eigenvalue weighted by atomic mass is 10.0. The Morgan fingerprint density at radius 2 is 2.00 bits per heavy atom. The third-order valence-electron chi connectivity index (χ3n) is 5.48. The van der Waals surface area contributed by atoms with Gasteiger partial charge >= 0.3 is 6.18 Å². The molecule has 0 aliphatic carbocycles. The standard InChI is InChI=1S/C20H16F5N7O2/c1-31-18-10(15(30-31)9-6-11(20(23,24)25)14(22)16(33)13(9)21)7-28-19(29-18)32-4-5-34-12(8-32)17-26-2-3-27-17/h2-3,6-7,12,33H,4-5,8H2,1H3,(H,26,27). The van der Waals surface area contributed by atoms with Crippen LogP contribution in [0.3, 0.4) is 0 Å². The summed E-state index contributed by atoms with van der Waals surface area (Å²) in [5, 5.41) is 13.8. The van der Waals surface area contributed by atoms with Gasteiger partial charge in [-0.1, -0.05) is 0 Å². The lowest BCUT2D eigenvalue weighted by Crippen LogP contribution is -2.39. The van der Waals surface area contributed by atoms with E-state index in [1.807, 2.05) is 4.90 Å². The molecule has 1 aromatic carbocycles. The van der Waals surface area contributed by atoms with E-state index < -0.39 is 34.7 Å². The van der Waals surface area contributed by atoms with Crippen molar-refractivity contribution in [2.75, 3.05) is 24.6 Å². The summed E-state index contributed by atoms with van der Waals surface area (Å²) in [5.41, 5.74) is -2.59. The van der Waals surface area contributed by atoms with Crippen LogP contribution in [-0.2, 0) is 18.0 Å². The monoisotopic (exact) mass is 481 g/mol. The minimum atomic E-state index is -5.15. The summed E-state index contributed by atoms with van der Waals surface area (Å²) >= 11 is 0. The van der Waals surface area contributed by atoms with Gasteiger partial charge in [-0.3, -0.25) is 0 Å². The van der Waals surface area contributed by atoms with Gasteiger partial charge in [0.25, 0.3) is 0 Å². The average molecular weight is 481 g/mol. The first-order chi connectivity index (χ1) is 16.1. The average Bonchev–Trinajstić information content (AvgIpc) is 3.46. The normalized spacial score (nSPS) is 17.0. The predicted octanol–water partition coefficient (Wildman–Crippen LogP) is 3.33. The summed E-state index contributed by atoms with van der Waals surface area (Å²) < 4.78 is 75.1. The Bertz CT molecular complexity index is 1370. The molecule has 1 unspecified atom stereocenters. The van der Waals surface area contributed by atoms with Crippen LogP contribution in [0.2, 0.25) is 0 Å². The Labute approximate surface area is 187 Å². The molecule has 0 spiro atoms. The van der Waals surface area contributed by atoms with Crippen molar-refractivity contribution in [3.8, 4) is 17.0 Å². The number of aryl methyl sites for hydroxylation is 1. The number of rotatable bonds is 3. The van der Waals surface area contributed by atoms with Gasteiger partial charge in [-0.15, -0.1) is 0 Å². The minimum absolute atomic E-state index is 0.125. The topological polar surface area (TPSA) is 105 Å². The zero-order chi connectivity index (χ0) is 24.2. The molecule has 0 radical (unpaired) electrons. The molecular formula is C20H16F5N7O2. The van der Waals surface area contributed by atoms with Gasteiger partial charge in [-0.05, 0) is 6.07 Å². The number of phenolic OH excluding ortho intramolecular Hbond substituents is 1. The van der Waals surface area contributed by atoms with E-state index >= 15 is 0 Å². The van der Waals surface area contributed by atoms with E-state index in [0.717, 1.165) is 0 Å². The van der Waals surface area contributed by atoms with Crippen LogP contribution < -0.4 is 4.90 Å². The van der Waals surface area contributed by atoms with E-state index in [0.29, 0.717) is 31.5 Å². The van der Waals surface area contributed by atoms with Crippen molar-refractivity contribution in [1.82, 2.24) is 29.7 Å². The Balaban J connectivity index is 1.56. The molecular weight excluding hydrogens is 465 g/mol. The van der Waals surface area contributed by atoms with Crippen LogP contribution in [0.5, 0.6) is 5.75 Å². The van der Waals surface area contributed by atoms with Crippen molar-refractivity contribution in [3.05, 3.63) is 47.7 Å². The van der Waals surface area contributed by atoms with E-state index in [-0.39, 0.29) is 28.9 Å². The van der Waals surface area contributed by atoms with E-state index in [2.05, 4.69) is 25.0 Å². The predicted molar refractivity (Wildman–Crippen MR) is 108 cm³/mol. The molecule has 1 fully saturated rings. The number of nitrogens with one attached hydrogen (secondary N) is 1. The molecule has 34 heavy (non-hydrogen) atoms. The Hall–Kier alpha value is -3.81. The zero-order valence-electron chi connectivity index (χ0n) is 17.4. The third kappa shape index (κ3) is 3.59. The number of fused-ring (bicyclic) bond motifs is 1. The van der Waals surface area contributed by atoms with Crippen LogP contribution in [-0.4, -0.2) is 54.5 Å². The van der Waals surface area contributed by atoms with Crippen LogP contribution in [0.25, 0.3) is 22.3 Å². The molecule has 5 rings (SSSR count). The number of nitrogens with zero attached hydrogens (tertiary/aromatic N) is 6. The second-order valence-electron chi connectivity index (χ2n) is 7.61. The molecule has 2 N–H and O–H groups in total. The number of aromatic amines is 1. The molecule has 1 aliphatic rings. The Morgan fingerprint density at radius 3 is 2.71 bits per heavy atom. The highest BCUT2D eigenvalue weighted by Crippen LogP contribution is 2.41. The van der Waals surface area contributed by atoms with Gasteiger partial charge in [0.1, 0.15) is 17.6 Å². The molecule has 14 heteroatoms. The highest BCUT2D eigenvalue weighted by molar-refractivity contribution is 5.91. The summed E-state index contributed by atoms with van der Waals surface area (Å²) in [5.74, 6) is -4.45. The number of alkyl halides is 3. The van der Waals surface area contributed by atoms with Crippen LogP contribution in [0.1, 0.15) is 17.5 Å². The first-order valence-electron chi connectivity index (χ1n) is 9.99. The van der Waals surface area contributed by atoms with Crippen molar-refractivity contribution >= 4 is 17.0 Å². The van der Waals surface area contributed by atoms with Crippen molar-refractivity contribution < 1.29 is 31.8 Å². The molecule has 0 saturated carbocycles. The summed E-state index contributed by atoms with van der Waals surface area (Å²) in [6, 6.07) is 0.274. The molecule has 1 aliphatic heterocycles. The fourth-order valence-electron chi connectivity index (χ4n) is 3.83. The lowest BCUT2D eigenvalue weighted by Gasteiger charge is -2.31. The number of imidazole rings is 1. The summed E-state index contributed by atoms with van der Waals surface area (Å²) in [4.78, 5) is 17.7. The van der Waals surface area contributed by atoms with E-state index in [4.69, 9.17) is 4.74 Å². The van der Waals surface area contributed by atoms with Gasteiger partial charge in [0, 0.05) is 37.7 Å². The van der Waals surface area contributed by atoms with Gasteiger partial charge in [-0.2, -0.15) is 23.3 Å². The number of anilines is 1. The number of ether oxygens (including phenoxy) is 1. The number of aromatic hydroxyl groups is 1. The number of morpholine rings is 1. The summed E-state index contributed by atoms with van der Waals surface area (Å²) in [6.45, 7) is 1.24. The lowest BCUT2D eigenvalue weighted by molar-refractivity contribution is -0.140. The van der Waals surface area contributed by atoms with E-state index in [1.54, 1.807) is 12.4 Å². The number of phenols is 1. The highest BCUT2D eigenvalue weighted by atomic mass is 19.4. The van der Waals surface area contributed by atoms with Gasteiger partial charge < -0.3 is 19.7 Å². The number of hydrogen-bond acceptors (Lipinski definition) is 7. The van der Waals surface area contributed by atoms with Crippen LogP contribution in [0, 0.1) is 11.6 Å². The number of halogens is 5. The number of benzene rings is 1. The van der Waals surface area contributed by atoms with Gasteiger partial charge in [0.2, 0.25) is 5.95 Å². The molecule has 1 saturated heterocycles. The molecule has 1 atom stereocenters. The van der Waals surface area contributed by atoms with E-state index in [9.17, 15) is 27.1 Å². The minimum Gasteiger partial charge on any atom is -0.503 e. The van der Waals surface area contributed by atoms with Crippen molar-refractivity contribution in [2.24, 2.45) is 7.05 Å². The summed E-state index contributed by atoms with van der Waals surface area (Å²) in [7, 11) is 1.47. The fourth-order valence-corrected chi connectivity index (χ4v) is 3.83. The van der Waals surface area contributed by atoms with Gasteiger partial charge in [0.15, 0.2) is 23.0 Å². The van der Waals surface area contributed by atoms with Crippen molar-refractivity contribution in [1.29, 1.82) is 0 Å². The maximum absolute atomic E-state index is 14.6. The smallest absolute Gasteiger partial charge is 0.419 e. The molecule has 3 aromatic heterocycles. The maximum atomic E-state index is 14.6. The number of hydrogen-bond donors (Lipinski definition) is 2. The molecule has 178 valence electrons. The van der Waals surface area contributed by atoms with Gasteiger partial charge in [-0.25, -0.2) is 23.4 Å². The maximum Gasteiger partial charge on any atom is 0.419 e. The van der Waals surface area contributed by atoms with Crippen LogP contribution >= 0.6 is 0 Å². The van der Waals surface area contributed by atoms with Crippen LogP contribution in [0.15, 0.2) is 24.7 Å². The quantitative estimate of drug-likeness (QED) is 0.433. The Kier molecular flexibility index (Phi) is 5.11. The zero-order valence-corrected chi connectivity index (χ0v) is 17.4. The third-order valence-corrected chi connectivity index (χ3v) is 5.48. The SMILES string of the molecule is Cn1nc(-c2cc(C(F)(F)F)c(F)c(O)c2F)c2cnc(N3CCOC(c4ncc[nH]4)C3)nc21. The number of aromatic nitrogens is 6. The second kappa shape index (κ2) is 7.90. The van der Waals surface area contributed by atoms with E-state index in [1.165, 1.54) is 17.9 Å². The molecule has 4 aromatic rings. The van der Waals surface area contributed by atoms with Gasteiger partial charge in [0.05, 0.1) is 24.1 Å². The van der Waals surface area contributed by atoms with Crippen molar-refractivity contribution in [2.45, 2.75) is 12.3 Å². The fraction of sp³-hybridized carbons (Fsp3) is 0.300. The molecule has 0 bridgehead atoms. The first-order valence-corrected chi connectivity index (χ1v) is 9.99. The second-order valence-corrected chi connectivity index (χ2v) is 7.61.